The zero-order chi connectivity index (χ0) is 16.3. The minimum Gasteiger partial charge on any atom is -0.387 e. The highest BCUT2D eigenvalue weighted by Gasteiger charge is 2.18. The number of aliphatic hydroxyl groups excluding tert-OH is 1. The molecule has 0 bridgehead atoms. The Morgan fingerprint density at radius 1 is 1.27 bits per heavy atom. The van der Waals surface area contributed by atoms with E-state index in [1.807, 2.05) is 6.07 Å². The fraction of sp³-hybridized carbons (Fsp3) is 0.353. The molecule has 0 unspecified atom stereocenters. The number of benzene rings is 1. The van der Waals surface area contributed by atoms with Crippen LogP contribution < -0.4 is 5.32 Å². The molecule has 5 heteroatoms. The summed E-state index contributed by atoms with van der Waals surface area (Å²) in [5, 5.41) is 11.3. The topological polar surface area (TPSA) is 49.3 Å². The Bertz CT molecular complexity index is 674. The Morgan fingerprint density at radius 2 is 2.00 bits per heavy atom. The molecule has 2 aromatic rings. The normalized spacial score (nSPS) is 11.5. The fourth-order valence-electron chi connectivity index (χ4n) is 2.08. The van der Waals surface area contributed by atoms with E-state index in [-0.39, 0.29) is 17.8 Å². The quantitative estimate of drug-likeness (QED) is 0.906. The number of aliphatic hydroxyl groups is 1. The summed E-state index contributed by atoms with van der Waals surface area (Å²) in [5.74, 6) is -0.818. The lowest BCUT2D eigenvalue weighted by atomic mass is 9.95. The molecule has 0 aliphatic heterocycles. The highest BCUT2D eigenvalue weighted by molar-refractivity contribution is 7.15. The second kappa shape index (κ2) is 6.58. The Labute approximate surface area is 133 Å². The van der Waals surface area contributed by atoms with Crippen molar-refractivity contribution in [3.8, 4) is 10.4 Å². The summed E-state index contributed by atoms with van der Waals surface area (Å²) in [6.07, 6.45) is 0. The molecule has 1 amide bonds. The van der Waals surface area contributed by atoms with E-state index in [1.54, 1.807) is 17.4 Å². The highest BCUT2D eigenvalue weighted by atomic mass is 32.1. The first-order valence-corrected chi connectivity index (χ1v) is 7.89. The summed E-state index contributed by atoms with van der Waals surface area (Å²) >= 11 is 1.67. The summed E-state index contributed by atoms with van der Waals surface area (Å²) in [7, 11) is 0. The van der Waals surface area contributed by atoms with Crippen molar-refractivity contribution in [2.24, 2.45) is 0 Å². The molecule has 0 aliphatic carbocycles. The van der Waals surface area contributed by atoms with Gasteiger partial charge in [-0.05, 0) is 40.8 Å². The molecule has 0 saturated heterocycles. The monoisotopic (exact) mass is 321 g/mol. The van der Waals surface area contributed by atoms with Gasteiger partial charge in [-0.3, -0.25) is 4.79 Å². The van der Waals surface area contributed by atoms with Crippen LogP contribution in [0.5, 0.6) is 0 Å². The largest absolute Gasteiger partial charge is 0.387 e. The lowest BCUT2D eigenvalue weighted by Crippen LogP contribution is -2.25. The summed E-state index contributed by atoms with van der Waals surface area (Å²) in [4.78, 5) is 13.5. The van der Waals surface area contributed by atoms with E-state index in [2.05, 4.69) is 32.2 Å². The number of carbonyl (C=O) groups is 1. The summed E-state index contributed by atoms with van der Waals surface area (Å²) < 4.78 is 13.5. The number of amides is 1. The first-order valence-electron chi connectivity index (χ1n) is 7.08. The maximum Gasteiger partial charge on any atom is 0.245 e. The van der Waals surface area contributed by atoms with Crippen molar-refractivity contribution in [3.63, 3.8) is 0 Å². The van der Waals surface area contributed by atoms with Crippen LogP contribution in [0.25, 0.3) is 10.4 Å². The van der Waals surface area contributed by atoms with Crippen LogP contribution in [0, 0.1) is 5.82 Å². The average molecular weight is 321 g/mol. The number of hydrogen-bond donors (Lipinski definition) is 2. The summed E-state index contributed by atoms with van der Waals surface area (Å²) in [6.45, 7) is 6.06. The molecule has 0 aliphatic rings. The molecule has 0 saturated carbocycles. The second-order valence-corrected chi connectivity index (χ2v) is 7.23. The van der Waals surface area contributed by atoms with Crippen LogP contribution in [-0.4, -0.2) is 17.6 Å². The van der Waals surface area contributed by atoms with Crippen molar-refractivity contribution in [2.75, 3.05) is 6.61 Å². The summed E-state index contributed by atoms with van der Waals surface area (Å²) in [5.41, 5.74) is 1.66. The second-order valence-electron chi connectivity index (χ2n) is 6.15. The zero-order valence-corrected chi connectivity index (χ0v) is 13.8. The number of rotatable bonds is 4. The minimum absolute atomic E-state index is 0.0637. The molecule has 0 radical (unpaired) electrons. The molecule has 22 heavy (non-hydrogen) atoms. The van der Waals surface area contributed by atoms with Gasteiger partial charge in [0.05, 0.1) is 0 Å². The van der Waals surface area contributed by atoms with Gasteiger partial charge in [-0.1, -0.05) is 26.8 Å². The van der Waals surface area contributed by atoms with Crippen LogP contribution in [0.4, 0.5) is 4.39 Å². The van der Waals surface area contributed by atoms with Crippen LogP contribution in [0.3, 0.4) is 0 Å². The average Bonchev–Trinajstić information content (AvgIpc) is 2.94. The zero-order valence-electron chi connectivity index (χ0n) is 12.9. The van der Waals surface area contributed by atoms with E-state index in [1.165, 1.54) is 17.0 Å². The van der Waals surface area contributed by atoms with Gasteiger partial charge < -0.3 is 10.4 Å². The minimum atomic E-state index is -0.572. The molecule has 3 nitrogen and oxygen atoms in total. The third kappa shape index (κ3) is 3.93. The maximum absolute atomic E-state index is 13.5. The summed E-state index contributed by atoms with van der Waals surface area (Å²) in [6, 6.07) is 8.68. The van der Waals surface area contributed by atoms with Gasteiger partial charge in [0.15, 0.2) is 0 Å². The maximum atomic E-state index is 13.5. The van der Waals surface area contributed by atoms with Gasteiger partial charge in [-0.25, -0.2) is 4.39 Å². The Balaban J connectivity index is 2.34. The standard InChI is InChI=1S/C17H20FNO2S/c1-17(2,3)15-7-6-14(22-15)13-5-4-12(18)8-11(13)9-19-16(21)10-20/h4-8,20H,9-10H2,1-3H3,(H,19,21). The number of nitrogens with one attached hydrogen (secondary N) is 1. The van der Waals surface area contributed by atoms with E-state index in [9.17, 15) is 9.18 Å². The Hall–Kier alpha value is -1.72. The number of hydrogen-bond acceptors (Lipinski definition) is 3. The lowest BCUT2D eigenvalue weighted by Gasteiger charge is -2.15. The van der Waals surface area contributed by atoms with Crippen molar-refractivity contribution in [1.29, 1.82) is 0 Å². The Kier molecular flexibility index (Phi) is 4.98. The molecule has 118 valence electrons. The SMILES string of the molecule is CC(C)(C)c1ccc(-c2ccc(F)cc2CNC(=O)CO)s1. The van der Waals surface area contributed by atoms with Crippen molar-refractivity contribution in [2.45, 2.75) is 32.7 Å². The van der Waals surface area contributed by atoms with Gasteiger partial charge in [-0.15, -0.1) is 11.3 Å². The lowest BCUT2D eigenvalue weighted by molar-refractivity contribution is -0.123. The fourth-order valence-corrected chi connectivity index (χ4v) is 3.21. The molecular weight excluding hydrogens is 301 g/mol. The van der Waals surface area contributed by atoms with Gasteiger partial charge in [-0.2, -0.15) is 0 Å². The predicted molar refractivity (Wildman–Crippen MR) is 87.3 cm³/mol. The Morgan fingerprint density at radius 3 is 2.59 bits per heavy atom. The molecule has 2 rings (SSSR count). The van der Waals surface area contributed by atoms with E-state index in [0.717, 1.165) is 10.4 Å². The van der Waals surface area contributed by atoms with Crippen LogP contribution in [0.1, 0.15) is 31.2 Å². The third-order valence-corrected chi connectivity index (χ3v) is 4.84. The molecule has 0 fully saturated rings. The van der Waals surface area contributed by atoms with Gasteiger partial charge >= 0.3 is 0 Å². The number of thiophene rings is 1. The van der Waals surface area contributed by atoms with Crippen molar-refractivity contribution >= 4 is 17.2 Å². The van der Waals surface area contributed by atoms with Gasteiger partial charge in [0.1, 0.15) is 12.4 Å². The number of carbonyl (C=O) groups excluding carboxylic acids is 1. The van der Waals surface area contributed by atoms with Crippen molar-refractivity contribution < 1.29 is 14.3 Å². The first-order chi connectivity index (χ1) is 10.3. The van der Waals surface area contributed by atoms with Gasteiger partial charge in [0.25, 0.3) is 0 Å². The van der Waals surface area contributed by atoms with Crippen LogP contribution >= 0.6 is 11.3 Å². The van der Waals surface area contributed by atoms with Gasteiger partial charge in [0.2, 0.25) is 5.91 Å². The van der Waals surface area contributed by atoms with Crippen molar-refractivity contribution in [1.82, 2.24) is 5.32 Å². The highest BCUT2D eigenvalue weighted by Crippen LogP contribution is 2.36. The molecule has 1 aromatic heterocycles. The van der Waals surface area contributed by atoms with E-state index in [4.69, 9.17) is 5.11 Å². The molecular formula is C17H20FNO2S. The molecule has 1 heterocycles. The van der Waals surface area contributed by atoms with Crippen LogP contribution in [0.15, 0.2) is 30.3 Å². The smallest absolute Gasteiger partial charge is 0.245 e. The van der Waals surface area contributed by atoms with E-state index < -0.39 is 12.5 Å². The third-order valence-electron chi connectivity index (χ3n) is 3.30. The van der Waals surface area contributed by atoms with Crippen molar-refractivity contribution in [3.05, 3.63) is 46.6 Å². The predicted octanol–water partition coefficient (Wildman–Crippen LogP) is 3.46. The van der Waals surface area contributed by atoms with E-state index in [0.29, 0.717) is 5.56 Å². The molecule has 1 aromatic carbocycles. The molecule has 0 atom stereocenters. The van der Waals surface area contributed by atoms with Crippen LogP contribution in [0.2, 0.25) is 0 Å². The van der Waals surface area contributed by atoms with Gasteiger partial charge in [0, 0.05) is 16.3 Å². The van der Waals surface area contributed by atoms with E-state index >= 15 is 0 Å². The first kappa shape index (κ1) is 16.6. The number of halogens is 1. The molecule has 2 N–H and O–H groups in total. The van der Waals surface area contributed by atoms with Crippen LogP contribution in [-0.2, 0) is 16.8 Å². The molecule has 0 spiro atoms.